The summed E-state index contributed by atoms with van der Waals surface area (Å²) in [6, 6.07) is 13.0. The van der Waals surface area contributed by atoms with E-state index in [4.69, 9.17) is 19.6 Å². The molecule has 9 heteroatoms. The van der Waals surface area contributed by atoms with Gasteiger partial charge in [0, 0.05) is 37.8 Å². The number of carbonyl (C=O) groups excluding carboxylic acids is 1. The van der Waals surface area contributed by atoms with Gasteiger partial charge in [0.2, 0.25) is 0 Å². The lowest BCUT2D eigenvalue weighted by Gasteiger charge is -2.55. The number of fused-ring (bicyclic) bond motifs is 1. The molecule has 3 aliphatic heterocycles. The molecule has 9 nitrogen and oxygen atoms in total. The van der Waals surface area contributed by atoms with E-state index in [1.54, 1.807) is 0 Å². The second-order valence-corrected chi connectivity index (χ2v) is 14.2. The first kappa shape index (κ1) is 30.6. The zero-order valence-electron chi connectivity index (χ0n) is 27.3. The number of piperidine rings is 1. The summed E-state index contributed by atoms with van der Waals surface area (Å²) in [5.74, 6) is 1.61. The number of esters is 1. The maximum Gasteiger partial charge on any atom is 0.306 e. The third-order valence-corrected chi connectivity index (χ3v) is 9.64. The lowest BCUT2D eigenvalue weighted by atomic mass is 9.71. The molecule has 6 rings (SSSR count). The van der Waals surface area contributed by atoms with Gasteiger partial charge >= 0.3 is 5.97 Å². The van der Waals surface area contributed by atoms with Crippen molar-refractivity contribution in [2.75, 3.05) is 58.3 Å². The molecule has 2 aromatic heterocycles. The molecule has 0 radical (unpaired) electrons. The lowest BCUT2D eigenvalue weighted by Crippen LogP contribution is -2.60. The Hall–Kier alpha value is -3.43. The summed E-state index contributed by atoms with van der Waals surface area (Å²) in [6.45, 7) is 18.4. The highest BCUT2D eigenvalue weighted by molar-refractivity contribution is 5.70. The van der Waals surface area contributed by atoms with Gasteiger partial charge in [0.25, 0.3) is 0 Å². The summed E-state index contributed by atoms with van der Waals surface area (Å²) in [5.41, 5.74) is 7.01. The minimum atomic E-state index is -0.162. The average molecular weight is 601 g/mol. The van der Waals surface area contributed by atoms with Crippen LogP contribution in [0.2, 0.25) is 0 Å². The summed E-state index contributed by atoms with van der Waals surface area (Å²) in [7, 11) is 1.49. The third-order valence-electron chi connectivity index (χ3n) is 9.64. The zero-order chi connectivity index (χ0) is 31.1. The Kier molecular flexibility index (Phi) is 8.46. The van der Waals surface area contributed by atoms with Crippen LogP contribution in [-0.4, -0.2) is 83.5 Å². The predicted octanol–water partition coefficient (Wildman–Crippen LogP) is 5.23. The van der Waals surface area contributed by atoms with Gasteiger partial charge in [-0.2, -0.15) is 5.10 Å². The molecule has 2 saturated heterocycles. The van der Waals surface area contributed by atoms with Gasteiger partial charge in [-0.1, -0.05) is 26.8 Å². The van der Waals surface area contributed by atoms with Gasteiger partial charge in [-0.3, -0.25) is 9.69 Å². The van der Waals surface area contributed by atoms with Crippen molar-refractivity contribution >= 4 is 11.8 Å². The molecule has 5 heterocycles. The normalized spacial score (nSPS) is 19.0. The SMILES string of the molecule is COC(=O)C[C@H](CN1CC2(CCN(Cc3ccc4c(n3)NCCO4)CC2)C1)c1cc(-n2nc(C)cc2C)cc(C(C)(C)C)c1. The third kappa shape index (κ3) is 6.64. The maximum absolute atomic E-state index is 12.7. The number of rotatable bonds is 8. The second-order valence-electron chi connectivity index (χ2n) is 14.2. The van der Waals surface area contributed by atoms with Crippen molar-refractivity contribution in [2.24, 2.45) is 5.41 Å². The fraction of sp³-hybridized carbons (Fsp3) is 0.571. The number of likely N-dealkylation sites (tertiary alicyclic amines) is 2. The minimum absolute atomic E-state index is 0.0373. The fourth-order valence-electron chi connectivity index (χ4n) is 7.11. The molecular weight excluding hydrogens is 552 g/mol. The number of nitrogens with zero attached hydrogens (tertiary/aromatic N) is 5. The maximum atomic E-state index is 12.7. The van der Waals surface area contributed by atoms with Gasteiger partial charge in [0.15, 0.2) is 11.6 Å². The highest BCUT2D eigenvalue weighted by Crippen LogP contribution is 2.42. The number of ether oxygens (including phenoxy) is 2. The standard InChI is InChI=1S/C35H48N6O3/c1-24-15-25(2)41(38-24)30-17-26(16-28(19-30)34(3,4)5)27(18-32(42)43-6)20-40-22-35(23-40)9-12-39(13-10-35)21-29-7-8-31-33(37-29)36-11-14-44-31/h7-8,15-17,19,27H,9-14,18,20-23H2,1-6H3,(H,36,37)/t27-/m1/s1. The zero-order valence-corrected chi connectivity index (χ0v) is 27.3. The van der Waals surface area contributed by atoms with Crippen LogP contribution in [0.15, 0.2) is 36.4 Å². The molecule has 2 fully saturated rings. The Balaban J connectivity index is 1.13. The number of carbonyl (C=O) groups is 1. The summed E-state index contributed by atoms with van der Waals surface area (Å²) >= 11 is 0. The molecule has 236 valence electrons. The molecule has 0 bridgehead atoms. The highest BCUT2D eigenvalue weighted by atomic mass is 16.5. The van der Waals surface area contributed by atoms with Crippen LogP contribution >= 0.6 is 0 Å². The Labute approximate surface area is 261 Å². The van der Waals surface area contributed by atoms with E-state index in [9.17, 15) is 4.79 Å². The van der Waals surface area contributed by atoms with Crippen LogP contribution in [0.3, 0.4) is 0 Å². The molecule has 44 heavy (non-hydrogen) atoms. The first-order valence-corrected chi connectivity index (χ1v) is 16.1. The molecule has 0 saturated carbocycles. The van der Waals surface area contributed by atoms with E-state index < -0.39 is 0 Å². The van der Waals surface area contributed by atoms with Crippen molar-refractivity contribution in [3.63, 3.8) is 0 Å². The van der Waals surface area contributed by atoms with Gasteiger partial charge in [-0.05, 0) is 92.1 Å². The minimum Gasteiger partial charge on any atom is -0.488 e. The lowest BCUT2D eigenvalue weighted by molar-refractivity contribution is -0.141. The summed E-state index contributed by atoms with van der Waals surface area (Å²) < 4.78 is 12.9. The fourth-order valence-corrected chi connectivity index (χ4v) is 7.11. The van der Waals surface area contributed by atoms with E-state index >= 15 is 0 Å². The molecule has 0 amide bonds. The van der Waals surface area contributed by atoms with Crippen molar-refractivity contribution in [3.05, 3.63) is 64.6 Å². The molecule has 0 unspecified atom stereocenters. The van der Waals surface area contributed by atoms with Gasteiger partial charge < -0.3 is 19.7 Å². The van der Waals surface area contributed by atoms with Crippen molar-refractivity contribution in [1.82, 2.24) is 24.6 Å². The van der Waals surface area contributed by atoms with Crippen LogP contribution < -0.4 is 10.1 Å². The summed E-state index contributed by atoms with van der Waals surface area (Å²) in [6.07, 6.45) is 2.75. The number of benzene rings is 1. The highest BCUT2D eigenvalue weighted by Gasteiger charge is 2.45. The van der Waals surface area contributed by atoms with Crippen LogP contribution in [-0.2, 0) is 21.5 Å². The van der Waals surface area contributed by atoms with Gasteiger partial charge in [0.1, 0.15) is 6.61 Å². The van der Waals surface area contributed by atoms with E-state index in [0.29, 0.717) is 18.4 Å². The van der Waals surface area contributed by atoms with E-state index in [0.717, 1.165) is 80.1 Å². The number of nitrogens with one attached hydrogen (secondary N) is 1. The molecule has 0 aliphatic carbocycles. The van der Waals surface area contributed by atoms with E-state index in [1.165, 1.54) is 31.1 Å². The number of aryl methyl sites for hydroxylation is 2. The topological polar surface area (TPSA) is 84.8 Å². The van der Waals surface area contributed by atoms with E-state index in [1.807, 2.05) is 17.7 Å². The Morgan fingerprint density at radius 2 is 1.86 bits per heavy atom. The predicted molar refractivity (Wildman–Crippen MR) is 173 cm³/mol. The summed E-state index contributed by atoms with van der Waals surface area (Å²) in [4.78, 5) is 22.5. The van der Waals surface area contributed by atoms with E-state index in [2.05, 4.69) is 73.1 Å². The Morgan fingerprint density at radius 1 is 1.09 bits per heavy atom. The average Bonchev–Trinajstić information content (AvgIpc) is 3.33. The first-order chi connectivity index (χ1) is 21.0. The van der Waals surface area contributed by atoms with Crippen LogP contribution in [0, 0.1) is 19.3 Å². The molecule has 1 N–H and O–H groups in total. The van der Waals surface area contributed by atoms with Gasteiger partial charge in [-0.15, -0.1) is 0 Å². The van der Waals surface area contributed by atoms with Crippen molar-refractivity contribution in [2.45, 2.75) is 71.8 Å². The molecule has 1 aromatic carbocycles. The molecule has 1 spiro atoms. The van der Waals surface area contributed by atoms with Crippen molar-refractivity contribution < 1.29 is 14.3 Å². The van der Waals surface area contributed by atoms with Crippen molar-refractivity contribution in [1.29, 1.82) is 0 Å². The number of anilines is 1. The van der Waals surface area contributed by atoms with Crippen molar-refractivity contribution in [3.8, 4) is 11.4 Å². The van der Waals surface area contributed by atoms with Crippen LogP contribution in [0.25, 0.3) is 5.69 Å². The quantitative estimate of drug-likeness (QED) is 0.352. The van der Waals surface area contributed by atoms with Crippen LogP contribution in [0.5, 0.6) is 5.75 Å². The number of hydrogen-bond acceptors (Lipinski definition) is 8. The number of aromatic nitrogens is 3. The van der Waals surface area contributed by atoms with E-state index in [-0.39, 0.29) is 17.3 Å². The smallest absolute Gasteiger partial charge is 0.306 e. The molecular formula is C35H48N6O3. The monoisotopic (exact) mass is 600 g/mol. The number of pyridine rings is 1. The second kappa shape index (κ2) is 12.2. The van der Waals surface area contributed by atoms with Crippen LogP contribution in [0.4, 0.5) is 5.82 Å². The first-order valence-electron chi connectivity index (χ1n) is 16.1. The Morgan fingerprint density at radius 3 is 2.55 bits per heavy atom. The molecule has 1 atom stereocenters. The number of hydrogen-bond donors (Lipinski definition) is 1. The Bertz CT molecular complexity index is 1490. The van der Waals surface area contributed by atoms with Crippen LogP contribution in [0.1, 0.15) is 74.2 Å². The van der Waals surface area contributed by atoms with Gasteiger partial charge in [-0.25, -0.2) is 9.67 Å². The molecule has 3 aromatic rings. The summed E-state index contributed by atoms with van der Waals surface area (Å²) in [5, 5.41) is 8.13. The van der Waals surface area contributed by atoms with Gasteiger partial charge in [0.05, 0.1) is 37.2 Å². The number of methoxy groups -OCH3 is 1. The molecule has 3 aliphatic rings. The largest absolute Gasteiger partial charge is 0.488 e.